The lowest BCUT2D eigenvalue weighted by Gasteiger charge is -2.09. The summed E-state index contributed by atoms with van der Waals surface area (Å²) in [6.45, 7) is 2.06. The third-order valence-electron chi connectivity index (χ3n) is 4.25. The molecule has 0 aliphatic carbocycles. The standard InChI is InChI=1S/C22H17Cl2N3/c1-15(13-16-5-3-2-4-6-16)21-22(25-19-10-7-17(23)8-11-19)27-14-18(24)9-12-20(27)26-21/h2-14,25H,1H3/b15-13+. The molecule has 27 heavy (non-hydrogen) atoms. The first kappa shape index (κ1) is 17.7. The number of hydrogen-bond donors (Lipinski definition) is 1. The number of hydrogen-bond acceptors (Lipinski definition) is 2. The summed E-state index contributed by atoms with van der Waals surface area (Å²) in [6, 6.07) is 21.5. The molecule has 3 nitrogen and oxygen atoms in total. The van der Waals surface area contributed by atoms with Crippen molar-refractivity contribution in [2.24, 2.45) is 0 Å². The van der Waals surface area contributed by atoms with Gasteiger partial charge in [-0.2, -0.15) is 0 Å². The number of benzene rings is 2. The van der Waals surface area contributed by atoms with Crippen molar-refractivity contribution >= 4 is 52.0 Å². The van der Waals surface area contributed by atoms with Gasteiger partial charge in [0.15, 0.2) is 0 Å². The molecular formula is C22H17Cl2N3. The minimum absolute atomic E-state index is 0.648. The van der Waals surface area contributed by atoms with Crippen LogP contribution < -0.4 is 5.32 Å². The first-order chi connectivity index (χ1) is 13.1. The first-order valence-corrected chi connectivity index (χ1v) is 9.30. The topological polar surface area (TPSA) is 29.3 Å². The summed E-state index contributed by atoms with van der Waals surface area (Å²) >= 11 is 12.2. The number of rotatable bonds is 4. The van der Waals surface area contributed by atoms with Crippen LogP contribution in [-0.2, 0) is 0 Å². The molecular weight excluding hydrogens is 377 g/mol. The Labute approximate surface area is 167 Å². The molecule has 4 aromatic rings. The molecule has 0 amide bonds. The Bertz CT molecular complexity index is 1110. The van der Waals surface area contributed by atoms with E-state index < -0.39 is 0 Å². The van der Waals surface area contributed by atoms with Gasteiger partial charge in [0.1, 0.15) is 17.2 Å². The highest BCUT2D eigenvalue weighted by atomic mass is 35.5. The van der Waals surface area contributed by atoms with E-state index in [1.54, 1.807) is 0 Å². The molecule has 5 heteroatoms. The molecule has 4 rings (SSSR count). The van der Waals surface area contributed by atoms with Crippen LogP contribution in [0.4, 0.5) is 11.5 Å². The predicted octanol–water partition coefficient (Wildman–Crippen LogP) is 6.95. The van der Waals surface area contributed by atoms with Crippen molar-refractivity contribution in [2.45, 2.75) is 6.92 Å². The van der Waals surface area contributed by atoms with Gasteiger partial charge >= 0.3 is 0 Å². The molecule has 0 bridgehead atoms. The molecule has 0 fully saturated rings. The van der Waals surface area contributed by atoms with Crippen molar-refractivity contribution in [1.82, 2.24) is 9.38 Å². The molecule has 0 saturated carbocycles. The summed E-state index contributed by atoms with van der Waals surface area (Å²) in [6.07, 6.45) is 3.98. The fraction of sp³-hybridized carbons (Fsp3) is 0.0455. The maximum atomic E-state index is 6.22. The number of fused-ring (bicyclic) bond motifs is 1. The molecule has 0 atom stereocenters. The van der Waals surface area contributed by atoms with E-state index in [2.05, 4.69) is 30.4 Å². The van der Waals surface area contributed by atoms with Crippen molar-refractivity contribution in [3.8, 4) is 0 Å². The van der Waals surface area contributed by atoms with Gasteiger partial charge in [-0.25, -0.2) is 4.98 Å². The Morgan fingerprint density at radius 3 is 2.37 bits per heavy atom. The fourth-order valence-corrected chi connectivity index (χ4v) is 3.24. The van der Waals surface area contributed by atoms with Crippen LogP contribution in [0, 0.1) is 0 Å². The highest BCUT2D eigenvalue weighted by Crippen LogP contribution is 2.30. The molecule has 2 aromatic heterocycles. The van der Waals surface area contributed by atoms with E-state index in [-0.39, 0.29) is 0 Å². The van der Waals surface area contributed by atoms with Gasteiger partial charge in [-0.3, -0.25) is 4.40 Å². The Kier molecular flexibility index (Phi) is 4.88. The molecule has 0 spiro atoms. The summed E-state index contributed by atoms with van der Waals surface area (Å²) in [4.78, 5) is 4.81. The van der Waals surface area contributed by atoms with Gasteiger partial charge in [0.25, 0.3) is 0 Å². The van der Waals surface area contributed by atoms with Gasteiger partial charge in [0.05, 0.1) is 5.02 Å². The van der Waals surface area contributed by atoms with E-state index in [4.69, 9.17) is 28.2 Å². The van der Waals surface area contributed by atoms with E-state index >= 15 is 0 Å². The number of aromatic nitrogens is 2. The largest absolute Gasteiger partial charge is 0.339 e. The molecule has 0 saturated heterocycles. The Morgan fingerprint density at radius 1 is 0.926 bits per heavy atom. The number of anilines is 2. The van der Waals surface area contributed by atoms with Gasteiger partial charge < -0.3 is 5.32 Å². The maximum Gasteiger partial charge on any atom is 0.142 e. The minimum Gasteiger partial charge on any atom is -0.339 e. The third kappa shape index (κ3) is 3.85. The van der Waals surface area contributed by atoms with Crippen molar-refractivity contribution in [2.75, 3.05) is 5.32 Å². The number of nitrogens with zero attached hydrogens (tertiary/aromatic N) is 2. The highest BCUT2D eigenvalue weighted by molar-refractivity contribution is 6.30. The second-order valence-corrected chi connectivity index (χ2v) is 7.13. The van der Waals surface area contributed by atoms with Crippen LogP contribution in [-0.4, -0.2) is 9.38 Å². The van der Waals surface area contributed by atoms with Crippen molar-refractivity contribution < 1.29 is 0 Å². The quantitative estimate of drug-likeness (QED) is 0.406. The molecule has 0 aliphatic heterocycles. The monoisotopic (exact) mass is 393 g/mol. The molecule has 2 heterocycles. The normalized spacial score (nSPS) is 11.7. The van der Waals surface area contributed by atoms with Gasteiger partial charge in [-0.1, -0.05) is 53.5 Å². The third-order valence-corrected chi connectivity index (χ3v) is 4.72. The van der Waals surface area contributed by atoms with Gasteiger partial charge in [0, 0.05) is 16.9 Å². The maximum absolute atomic E-state index is 6.22. The van der Waals surface area contributed by atoms with Crippen LogP contribution in [0.15, 0.2) is 72.9 Å². The lowest BCUT2D eigenvalue weighted by Crippen LogP contribution is -1.98. The van der Waals surface area contributed by atoms with Crippen LogP contribution in [0.5, 0.6) is 0 Å². The van der Waals surface area contributed by atoms with E-state index in [9.17, 15) is 0 Å². The summed E-state index contributed by atoms with van der Waals surface area (Å²) in [5.74, 6) is 0.861. The Balaban J connectivity index is 1.84. The van der Waals surface area contributed by atoms with Crippen molar-refractivity contribution in [3.05, 3.63) is 94.2 Å². The number of allylic oxidation sites excluding steroid dienone is 1. The molecule has 2 aromatic carbocycles. The SMILES string of the molecule is C/C(=C\c1ccccc1)c1nc2ccc(Cl)cn2c1Nc1ccc(Cl)cc1. The Morgan fingerprint density at radius 2 is 1.63 bits per heavy atom. The summed E-state index contributed by atoms with van der Waals surface area (Å²) < 4.78 is 1.97. The van der Waals surface area contributed by atoms with Crippen molar-refractivity contribution in [1.29, 1.82) is 0 Å². The van der Waals surface area contributed by atoms with E-state index in [1.807, 2.05) is 65.2 Å². The Hall–Kier alpha value is -2.75. The second kappa shape index (κ2) is 7.47. The number of pyridine rings is 1. The summed E-state index contributed by atoms with van der Waals surface area (Å²) in [5.41, 5.74) is 4.80. The van der Waals surface area contributed by atoms with Crippen LogP contribution in [0.2, 0.25) is 10.0 Å². The predicted molar refractivity (Wildman–Crippen MR) is 115 cm³/mol. The van der Waals surface area contributed by atoms with Gasteiger partial charge in [-0.15, -0.1) is 0 Å². The average molecular weight is 394 g/mol. The first-order valence-electron chi connectivity index (χ1n) is 8.54. The number of nitrogens with one attached hydrogen (secondary N) is 1. The lowest BCUT2D eigenvalue weighted by atomic mass is 10.1. The number of imidazole rings is 1. The average Bonchev–Trinajstić information content (AvgIpc) is 3.02. The lowest BCUT2D eigenvalue weighted by molar-refractivity contribution is 1.18. The fourth-order valence-electron chi connectivity index (χ4n) is 2.95. The smallest absolute Gasteiger partial charge is 0.142 e. The van der Waals surface area contributed by atoms with Crippen LogP contribution >= 0.6 is 23.2 Å². The number of halogens is 2. The summed E-state index contributed by atoms with van der Waals surface area (Å²) in [7, 11) is 0. The van der Waals surface area contributed by atoms with Crippen LogP contribution in [0.25, 0.3) is 17.3 Å². The summed E-state index contributed by atoms with van der Waals surface area (Å²) in [5, 5.41) is 4.80. The molecule has 1 N–H and O–H groups in total. The van der Waals surface area contributed by atoms with Gasteiger partial charge in [0.2, 0.25) is 0 Å². The van der Waals surface area contributed by atoms with E-state index in [1.165, 1.54) is 0 Å². The van der Waals surface area contributed by atoms with E-state index in [0.29, 0.717) is 10.0 Å². The van der Waals surface area contributed by atoms with Crippen molar-refractivity contribution in [3.63, 3.8) is 0 Å². The van der Waals surface area contributed by atoms with Gasteiger partial charge in [-0.05, 0) is 60.5 Å². The molecule has 0 radical (unpaired) electrons. The molecule has 0 aliphatic rings. The second-order valence-electron chi connectivity index (χ2n) is 6.25. The zero-order valence-corrected chi connectivity index (χ0v) is 16.2. The highest BCUT2D eigenvalue weighted by Gasteiger charge is 2.14. The van der Waals surface area contributed by atoms with Crippen LogP contribution in [0.1, 0.15) is 18.2 Å². The minimum atomic E-state index is 0.648. The molecule has 0 unspecified atom stereocenters. The van der Waals surface area contributed by atoms with E-state index in [0.717, 1.165) is 34.0 Å². The molecule has 134 valence electrons. The zero-order valence-electron chi connectivity index (χ0n) is 14.7. The zero-order chi connectivity index (χ0) is 18.8. The van der Waals surface area contributed by atoms with Crippen LogP contribution in [0.3, 0.4) is 0 Å².